The molecule has 0 fully saturated rings. The zero-order valence-corrected chi connectivity index (χ0v) is 21.6. The fourth-order valence-corrected chi connectivity index (χ4v) is 4.40. The number of benzene rings is 2. The lowest BCUT2D eigenvalue weighted by atomic mass is 10.0. The van der Waals surface area contributed by atoms with E-state index in [4.69, 9.17) is 9.47 Å². The van der Waals surface area contributed by atoms with Crippen LogP contribution in [0.2, 0.25) is 0 Å². The third kappa shape index (κ3) is 11.7. The normalized spacial score (nSPS) is 12.8. The lowest BCUT2D eigenvalue weighted by molar-refractivity contribution is -0.00869. The predicted octanol–water partition coefficient (Wildman–Crippen LogP) is 10.1. The molecule has 0 spiro atoms. The summed E-state index contributed by atoms with van der Waals surface area (Å²) in [5.41, 5.74) is 2.08. The van der Waals surface area contributed by atoms with Crippen LogP contribution in [-0.2, 0) is 9.47 Å². The van der Waals surface area contributed by atoms with E-state index in [0.717, 1.165) is 36.8 Å². The van der Waals surface area contributed by atoms with Crippen LogP contribution in [0.1, 0.15) is 127 Å². The summed E-state index contributed by atoms with van der Waals surface area (Å²) < 4.78 is 11.8. The summed E-state index contributed by atoms with van der Waals surface area (Å²) in [6.07, 6.45) is 15.2. The van der Waals surface area contributed by atoms with Crippen molar-refractivity contribution in [1.82, 2.24) is 0 Å². The third-order valence-electron chi connectivity index (χ3n) is 6.46. The van der Waals surface area contributed by atoms with Gasteiger partial charge in [-0.2, -0.15) is 0 Å². The highest BCUT2D eigenvalue weighted by Crippen LogP contribution is 2.29. The van der Waals surface area contributed by atoms with E-state index in [1.165, 1.54) is 64.2 Å². The van der Waals surface area contributed by atoms with Crippen molar-refractivity contribution < 1.29 is 14.3 Å². The number of rotatable bonds is 18. The maximum atomic E-state index is 12.9. The molecule has 0 saturated heterocycles. The second-order valence-corrected chi connectivity index (χ2v) is 9.40. The van der Waals surface area contributed by atoms with Crippen molar-refractivity contribution in [2.75, 3.05) is 0 Å². The Morgan fingerprint density at radius 1 is 0.559 bits per heavy atom. The summed E-state index contributed by atoms with van der Waals surface area (Å²) in [5, 5.41) is 0. The third-order valence-corrected chi connectivity index (χ3v) is 6.46. The predicted molar refractivity (Wildman–Crippen MR) is 142 cm³/mol. The molecule has 0 saturated carbocycles. The average molecular weight is 467 g/mol. The molecule has 0 bridgehead atoms. The molecule has 2 atom stereocenters. The SMILES string of the molecule is CCCCCCCCC(OC(=O)OC(CCCCCCCC)c1ccccc1)c1ccccc1. The van der Waals surface area contributed by atoms with Crippen LogP contribution in [0, 0.1) is 0 Å². The fourth-order valence-electron chi connectivity index (χ4n) is 4.40. The Hall–Kier alpha value is -2.29. The summed E-state index contributed by atoms with van der Waals surface area (Å²) in [4.78, 5) is 12.9. The molecular formula is C31H46O3. The lowest BCUT2D eigenvalue weighted by Crippen LogP contribution is -2.16. The minimum absolute atomic E-state index is 0.259. The Morgan fingerprint density at radius 3 is 1.29 bits per heavy atom. The Balaban J connectivity index is 1.93. The van der Waals surface area contributed by atoms with Crippen LogP contribution in [0.15, 0.2) is 60.7 Å². The Kier molecular flexibility index (Phi) is 14.9. The fraction of sp³-hybridized carbons (Fsp3) is 0.581. The highest BCUT2D eigenvalue weighted by Gasteiger charge is 2.22. The van der Waals surface area contributed by atoms with Gasteiger partial charge in [-0.05, 0) is 36.8 Å². The summed E-state index contributed by atoms with van der Waals surface area (Å²) in [5.74, 6) is 0. The van der Waals surface area contributed by atoms with Gasteiger partial charge in [-0.1, -0.05) is 139 Å². The van der Waals surface area contributed by atoms with Crippen LogP contribution in [0.3, 0.4) is 0 Å². The monoisotopic (exact) mass is 466 g/mol. The van der Waals surface area contributed by atoms with Crippen molar-refractivity contribution in [3.05, 3.63) is 71.8 Å². The molecule has 0 aliphatic heterocycles. The maximum absolute atomic E-state index is 12.9. The number of hydrogen-bond acceptors (Lipinski definition) is 3. The number of carbonyl (C=O) groups is 1. The molecule has 2 unspecified atom stereocenters. The van der Waals surface area contributed by atoms with E-state index in [-0.39, 0.29) is 12.2 Å². The summed E-state index contributed by atoms with van der Waals surface area (Å²) in [6.45, 7) is 4.47. The summed E-state index contributed by atoms with van der Waals surface area (Å²) in [6, 6.07) is 20.2. The standard InChI is InChI=1S/C31H46O3/c1-3-5-7-9-11-19-25-29(27-21-15-13-16-22-27)33-31(32)34-30(28-23-17-14-18-24-28)26-20-12-10-8-6-4-2/h13-18,21-24,29-30H,3-12,19-20,25-26H2,1-2H3. The van der Waals surface area contributed by atoms with E-state index in [0.29, 0.717) is 0 Å². The van der Waals surface area contributed by atoms with Crippen LogP contribution in [-0.4, -0.2) is 6.16 Å². The Labute approximate surface area is 208 Å². The van der Waals surface area contributed by atoms with Crippen molar-refractivity contribution in [2.45, 2.75) is 116 Å². The quantitative estimate of drug-likeness (QED) is 0.162. The molecule has 34 heavy (non-hydrogen) atoms. The van der Waals surface area contributed by atoms with Gasteiger partial charge in [-0.3, -0.25) is 0 Å². The number of unbranched alkanes of at least 4 members (excludes halogenated alkanes) is 10. The van der Waals surface area contributed by atoms with E-state index in [1.54, 1.807) is 0 Å². The van der Waals surface area contributed by atoms with Crippen molar-refractivity contribution in [1.29, 1.82) is 0 Å². The highest BCUT2D eigenvalue weighted by molar-refractivity contribution is 5.61. The molecule has 2 rings (SSSR count). The number of ether oxygens (including phenoxy) is 2. The summed E-state index contributed by atoms with van der Waals surface area (Å²) >= 11 is 0. The van der Waals surface area contributed by atoms with Crippen LogP contribution >= 0.6 is 0 Å². The van der Waals surface area contributed by atoms with E-state index in [2.05, 4.69) is 13.8 Å². The molecule has 0 heterocycles. The number of carbonyl (C=O) groups excluding carboxylic acids is 1. The van der Waals surface area contributed by atoms with Crippen molar-refractivity contribution >= 4 is 6.16 Å². The topological polar surface area (TPSA) is 35.5 Å². The molecule has 0 amide bonds. The zero-order valence-electron chi connectivity index (χ0n) is 21.6. The molecule has 2 aromatic rings. The molecule has 0 radical (unpaired) electrons. The van der Waals surface area contributed by atoms with Gasteiger partial charge in [0.05, 0.1) is 0 Å². The molecule has 3 heteroatoms. The summed E-state index contributed by atoms with van der Waals surface area (Å²) in [7, 11) is 0. The molecule has 0 N–H and O–H groups in total. The molecular weight excluding hydrogens is 420 g/mol. The first kappa shape index (κ1) is 28.0. The average Bonchev–Trinajstić information content (AvgIpc) is 2.87. The van der Waals surface area contributed by atoms with Crippen LogP contribution in [0.25, 0.3) is 0 Å². The van der Waals surface area contributed by atoms with Crippen molar-refractivity contribution in [3.63, 3.8) is 0 Å². The second-order valence-electron chi connectivity index (χ2n) is 9.40. The molecule has 2 aromatic carbocycles. The minimum Gasteiger partial charge on any atom is -0.426 e. The molecule has 0 aliphatic rings. The van der Waals surface area contributed by atoms with Crippen LogP contribution < -0.4 is 0 Å². The number of hydrogen-bond donors (Lipinski definition) is 0. The maximum Gasteiger partial charge on any atom is 0.509 e. The second kappa shape index (κ2) is 18.1. The van der Waals surface area contributed by atoms with Crippen molar-refractivity contribution in [3.8, 4) is 0 Å². The smallest absolute Gasteiger partial charge is 0.426 e. The van der Waals surface area contributed by atoms with Gasteiger partial charge in [0.25, 0.3) is 0 Å². The van der Waals surface area contributed by atoms with Crippen molar-refractivity contribution in [2.24, 2.45) is 0 Å². The van der Waals surface area contributed by atoms with Gasteiger partial charge >= 0.3 is 6.16 Å². The van der Waals surface area contributed by atoms with E-state index < -0.39 is 6.16 Å². The van der Waals surface area contributed by atoms with E-state index in [9.17, 15) is 4.79 Å². The van der Waals surface area contributed by atoms with E-state index in [1.807, 2.05) is 60.7 Å². The molecule has 3 nitrogen and oxygen atoms in total. The van der Waals surface area contributed by atoms with Gasteiger partial charge < -0.3 is 9.47 Å². The first-order valence-electron chi connectivity index (χ1n) is 13.7. The highest BCUT2D eigenvalue weighted by atomic mass is 16.7. The minimum atomic E-state index is -0.556. The molecule has 0 aromatic heterocycles. The van der Waals surface area contributed by atoms with Gasteiger partial charge in [0.2, 0.25) is 0 Å². The Morgan fingerprint density at radius 2 is 0.912 bits per heavy atom. The van der Waals surface area contributed by atoms with Gasteiger partial charge in [0.1, 0.15) is 12.2 Å². The Bertz CT molecular complexity index is 680. The van der Waals surface area contributed by atoms with Gasteiger partial charge in [0.15, 0.2) is 0 Å². The zero-order chi connectivity index (χ0) is 24.3. The van der Waals surface area contributed by atoms with Crippen LogP contribution in [0.5, 0.6) is 0 Å². The van der Waals surface area contributed by atoms with Gasteiger partial charge in [-0.15, -0.1) is 0 Å². The molecule has 188 valence electrons. The van der Waals surface area contributed by atoms with E-state index >= 15 is 0 Å². The first-order valence-corrected chi connectivity index (χ1v) is 13.7. The van der Waals surface area contributed by atoms with Crippen LogP contribution in [0.4, 0.5) is 4.79 Å². The van der Waals surface area contributed by atoms with Gasteiger partial charge in [0, 0.05) is 0 Å². The molecule has 0 aliphatic carbocycles. The van der Waals surface area contributed by atoms with Gasteiger partial charge in [-0.25, -0.2) is 4.79 Å². The first-order chi connectivity index (χ1) is 16.7. The largest absolute Gasteiger partial charge is 0.509 e. The lowest BCUT2D eigenvalue weighted by Gasteiger charge is -2.22.